The zero-order chi connectivity index (χ0) is 17.5. The molecular formula is C19H25N3O2. The lowest BCUT2D eigenvalue weighted by Crippen LogP contribution is -2.41. The largest absolute Gasteiger partial charge is 0.497 e. The predicted octanol–water partition coefficient (Wildman–Crippen LogP) is 2.86. The van der Waals surface area contributed by atoms with Crippen molar-refractivity contribution in [3.05, 3.63) is 48.3 Å². The number of carbonyl (C=O) groups excluding carboxylic acids is 1. The minimum absolute atomic E-state index is 0.0258. The number of methoxy groups -OCH3 is 1. The van der Waals surface area contributed by atoms with Gasteiger partial charge < -0.3 is 15.8 Å². The molecule has 24 heavy (non-hydrogen) atoms. The van der Waals surface area contributed by atoms with Crippen molar-refractivity contribution in [3.63, 3.8) is 0 Å². The molecule has 1 aromatic heterocycles. The summed E-state index contributed by atoms with van der Waals surface area (Å²) >= 11 is 0. The molecule has 1 atom stereocenters. The third-order valence-electron chi connectivity index (χ3n) is 3.80. The number of nitrogens with one attached hydrogen (secondary N) is 1. The number of amides is 1. The van der Waals surface area contributed by atoms with Gasteiger partial charge in [0.05, 0.1) is 12.7 Å². The van der Waals surface area contributed by atoms with Gasteiger partial charge in [0.2, 0.25) is 0 Å². The first kappa shape index (κ1) is 17.9. The van der Waals surface area contributed by atoms with Gasteiger partial charge in [0.1, 0.15) is 5.75 Å². The molecule has 0 saturated heterocycles. The number of aromatic nitrogens is 1. The average molecular weight is 327 g/mol. The molecule has 1 amide bonds. The molecular weight excluding hydrogens is 302 g/mol. The van der Waals surface area contributed by atoms with E-state index in [1.807, 2.05) is 30.3 Å². The van der Waals surface area contributed by atoms with E-state index in [0.717, 1.165) is 23.3 Å². The van der Waals surface area contributed by atoms with Crippen LogP contribution in [-0.2, 0) is 0 Å². The van der Waals surface area contributed by atoms with Gasteiger partial charge in [0.25, 0.3) is 5.91 Å². The van der Waals surface area contributed by atoms with E-state index in [2.05, 4.69) is 24.1 Å². The molecule has 2 rings (SSSR count). The van der Waals surface area contributed by atoms with Crippen molar-refractivity contribution in [1.82, 2.24) is 10.3 Å². The molecule has 0 spiro atoms. The maximum Gasteiger partial charge on any atom is 0.253 e. The van der Waals surface area contributed by atoms with Gasteiger partial charge in [0.15, 0.2) is 0 Å². The van der Waals surface area contributed by atoms with Crippen LogP contribution in [0.3, 0.4) is 0 Å². The van der Waals surface area contributed by atoms with Crippen molar-refractivity contribution in [2.45, 2.75) is 26.3 Å². The van der Waals surface area contributed by atoms with Gasteiger partial charge in [-0.2, -0.15) is 0 Å². The number of carbonyl (C=O) groups is 1. The normalized spacial score (nSPS) is 12.0. The number of pyridine rings is 1. The number of hydrogen-bond acceptors (Lipinski definition) is 4. The van der Waals surface area contributed by atoms with Crippen molar-refractivity contribution in [2.24, 2.45) is 11.7 Å². The Morgan fingerprint density at radius 2 is 1.92 bits per heavy atom. The fourth-order valence-electron chi connectivity index (χ4n) is 2.56. The van der Waals surface area contributed by atoms with E-state index in [-0.39, 0.29) is 11.9 Å². The second kappa shape index (κ2) is 8.45. The van der Waals surface area contributed by atoms with Gasteiger partial charge in [-0.3, -0.25) is 9.78 Å². The summed E-state index contributed by atoms with van der Waals surface area (Å²) in [5, 5.41) is 2.99. The number of benzene rings is 1. The minimum Gasteiger partial charge on any atom is -0.497 e. The lowest BCUT2D eigenvalue weighted by atomic mass is 10.0. The summed E-state index contributed by atoms with van der Waals surface area (Å²) in [6.07, 6.45) is 4.17. The molecule has 0 aliphatic carbocycles. The van der Waals surface area contributed by atoms with E-state index >= 15 is 0 Å². The average Bonchev–Trinajstić information content (AvgIpc) is 2.60. The molecule has 0 radical (unpaired) electrons. The van der Waals surface area contributed by atoms with Crippen LogP contribution in [0.25, 0.3) is 11.1 Å². The van der Waals surface area contributed by atoms with Crippen molar-refractivity contribution in [1.29, 1.82) is 0 Å². The highest BCUT2D eigenvalue weighted by atomic mass is 16.5. The summed E-state index contributed by atoms with van der Waals surface area (Å²) in [5.74, 6) is 1.12. The van der Waals surface area contributed by atoms with Crippen LogP contribution >= 0.6 is 0 Å². The molecule has 1 heterocycles. The highest BCUT2D eigenvalue weighted by Gasteiger charge is 2.14. The zero-order valence-corrected chi connectivity index (χ0v) is 14.5. The Kier molecular flexibility index (Phi) is 6.32. The molecule has 5 nitrogen and oxygen atoms in total. The molecule has 2 aromatic rings. The highest BCUT2D eigenvalue weighted by molar-refractivity contribution is 5.95. The second-order valence-corrected chi connectivity index (χ2v) is 6.23. The molecule has 3 N–H and O–H groups in total. The summed E-state index contributed by atoms with van der Waals surface area (Å²) in [4.78, 5) is 16.6. The number of nitrogens with two attached hydrogens (primary N) is 1. The molecule has 1 unspecified atom stereocenters. The Bertz CT molecular complexity index is 669. The Morgan fingerprint density at radius 1 is 1.21 bits per heavy atom. The molecule has 1 aromatic carbocycles. The van der Waals surface area contributed by atoms with Crippen LogP contribution in [0.15, 0.2) is 42.7 Å². The van der Waals surface area contributed by atoms with Crippen molar-refractivity contribution >= 4 is 5.91 Å². The summed E-state index contributed by atoms with van der Waals surface area (Å²) in [6, 6.07) is 9.47. The molecule has 0 aliphatic heterocycles. The van der Waals surface area contributed by atoms with E-state index in [9.17, 15) is 4.79 Å². The van der Waals surface area contributed by atoms with Crippen LogP contribution in [0, 0.1) is 5.92 Å². The standard InChI is InChI=1S/C19H25N3O2/c1-13(2)8-17(10-20)22-19(23)16-9-15(11-21-12-16)14-4-6-18(24-3)7-5-14/h4-7,9,11-13,17H,8,10,20H2,1-3H3,(H,22,23). The quantitative estimate of drug-likeness (QED) is 0.820. The van der Waals surface area contributed by atoms with Crippen LogP contribution in [0.2, 0.25) is 0 Å². The Balaban J connectivity index is 2.15. The van der Waals surface area contributed by atoms with E-state index in [1.165, 1.54) is 0 Å². The number of hydrogen-bond donors (Lipinski definition) is 2. The Labute approximate surface area is 143 Å². The van der Waals surface area contributed by atoms with Gasteiger partial charge in [-0.15, -0.1) is 0 Å². The maximum atomic E-state index is 12.5. The predicted molar refractivity (Wildman–Crippen MR) is 96.0 cm³/mol. The van der Waals surface area contributed by atoms with Gasteiger partial charge in [-0.05, 0) is 36.1 Å². The van der Waals surface area contributed by atoms with E-state index < -0.39 is 0 Å². The molecule has 5 heteroatoms. The van der Waals surface area contributed by atoms with Crippen molar-refractivity contribution < 1.29 is 9.53 Å². The lowest BCUT2D eigenvalue weighted by molar-refractivity contribution is 0.0933. The van der Waals surface area contributed by atoms with Crippen LogP contribution in [-0.4, -0.2) is 30.6 Å². The maximum absolute atomic E-state index is 12.5. The first-order chi connectivity index (χ1) is 11.5. The molecule has 0 bridgehead atoms. The first-order valence-corrected chi connectivity index (χ1v) is 8.14. The van der Waals surface area contributed by atoms with Crippen LogP contribution in [0.5, 0.6) is 5.75 Å². The second-order valence-electron chi connectivity index (χ2n) is 6.23. The third-order valence-corrected chi connectivity index (χ3v) is 3.80. The minimum atomic E-state index is -0.144. The molecule has 0 aliphatic rings. The molecule has 0 saturated carbocycles. The lowest BCUT2D eigenvalue weighted by Gasteiger charge is -2.18. The monoisotopic (exact) mass is 327 g/mol. The van der Waals surface area contributed by atoms with Crippen molar-refractivity contribution in [3.8, 4) is 16.9 Å². The molecule has 0 fully saturated rings. The SMILES string of the molecule is COc1ccc(-c2cncc(C(=O)NC(CN)CC(C)C)c2)cc1. The topological polar surface area (TPSA) is 77.2 Å². The fourth-order valence-corrected chi connectivity index (χ4v) is 2.56. The van der Waals surface area contributed by atoms with E-state index in [0.29, 0.717) is 18.0 Å². The first-order valence-electron chi connectivity index (χ1n) is 8.14. The van der Waals surface area contributed by atoms with Crippen LogP contribution < -0.4 is 15.8 Å². The summed E-state index contributed by atoms with van der Waals surface area (Å²) in [7, 11) is 1.63. The Morgan fingerprint density at radius 3 is 2.50 bits per heavy atom. The summed E-state index contributed by atoms with van der Waals surface area (Å²) < 4.78 is 5.16. The smallest absolute Gasteiger partial charge is 0.253 e. The van der Waals surface area contributed by atoms with E-state index in [4.69, 9.17) is 10.5 Å². The number of ether oxygens (including phenoxy) is 1. The highest BCUT2D eigenvalue weighted by Crippen LogP contribution is 2.22. The summed E-state index contributed by atoms with van der Waals surface area (Å²) in [6.45, 7) is 4.65. The van der Waals surface area contributed by atoms with Crippen molar-refractivity contribution in [2.75, 3.05) is 13.7 Å². The Hall–Kier alpha value is -2.40. The van der Waals surface area contributed by atoms with Gasteiger partial charge in [-0.1, -0.05) is 26.0 Å². The summed E-state index contributed by atoms with van der Waals surface area (Å²) in [5.41, 5.74) is 8.16. The van der Waals surface area contributed by atoms with E-state index in [1.54, 1.807) is 19.5 Å². The molecule has 128 valence electrons. The number of rotatable bonds is 7. The third kappa shape index (κ3) is 4.80. The van der Waals surface area contributed by atoms with Gasteiger partial charge in [0, 0.05) is 30.5 Å². The van der Waals surface area contributed by atoms with Gasteiger partial charge in [-0.25, -0.2) is 0 Å². The fraction of sp³-hybridized carbons (Fsp3) is 0.368. The zero-order valence-electron chi connectivity index (χ0n) is 14.5. The van der Waals surface area contributed by atoms with Gasteiger partial charge >= 0.3 is 0 Å². The number of nitrogens with zero attached hydrogens (tertiary/aromatic N) is 1. The van der Waals surface area contributed by atoms with Crippen LogP contribution in [0.4, 0.5) is 0 Å². The van der Waals surface area contributed by atoms with Crippen LogP contribution in [0.1, 0.15) is 30.6 Å².